The summed E-state index contributed by atoms with van der Waals surface area (Å²) < 4.78 is 5.39. The van der Waals surface area contributed by atoms with Crippen molar-refractivity contribution >= 4 is 17.9 Å². The average molecular weight is 362 g/mol. The summed E-state index contributed by atoms with van der Waals surface area (Å²) in [6.07, 6.45) is -0.450. The highest BCUT2D eigenvalue weighted by Crippen LogP contribution is 2.23. The van der Waals surface area contributed by atoms with Gasteiger partial charge in [0, 0.05) is 13.1 Å². The van der Waals surface area contributed by atoms with E-state index in [9.17, 15) is 14.4 Å². The zero-order valence-electron chi connectivity index (χ0n) is 16.8. The largest absolute Gasteiger partial charge is 0.444 e. The Kier molecular flexibility index (Phi) is 7.36. The van der Waals surface area contributed by atoms with Crippen LogP contribution in [0.25, 0.3) is 0 Å². The van der Waals surface area contributed by atoms with Gasteiger partial charge in [0.2, 0.25) is 0 Å². The van der Waals surface area contributed by atoms with Gasteiger partial charge in [-0.3, -0.25) is 14.5 Å². The van der Waals surface area contributed by atoms with Crippen LogP contribution < -0.4 is 0 Å². The summed E-state index contributed by atoms with van der Waals surface area (Å²) >= 11 is 0. The summed E-state index contributed by atoms with van der Waals surface area (Å²) in [5.74, 6) is -0.634. The predicted octanol–water partition coefficient (Wildman–Crippen LogP) is 3.95. The molecule has 26 heavy (non-hydrogen) atoms. The number of fused-ring (bicyclic) bond motifs is 1. The molecule has 0 spiro atoms. The minimum atomic E-state index is -0.597. The summed E-state index contributed by atoms with van der Waals surface area (Å²) in [4.78, 5) is 39.9. The molecule has 1 atom stereocenters. The fraction of sp³-hybridized carbons (Fsp3) is 0.550. The Bertz CT molecular complexity index is 629. The Labute approximate surface area is 156 Å². The van der Waals surface area contributed by atoms with Crippen LogP contribution in [0.2, 0.25) is 0 Å². The van der Waals surface area contributed by atoms with Crippen LogP contribution in [-0.2, 0) is 4.74 Å². The molecule has 0 aliphatic carbocycles. The first kappa shape index (κ1) is 21.7. The summed E-state index contributed by atoms with van der Waals surface area (Å²) in [5, 5.41) is 0. The maximum atomic E-state index is 12.4. The molecule has 0 aromatic heterocycles. The van der Waals surface area contributed by atoms with Crippen molar-refractivity contribution in [1.82, 2.24) is 9.80 Å². The van der Waals surface area contributed by atoms with E-state index in [4.69, 9.17) is 4.74 Å². The maximum Gasteiger partial charge on any atom is 0.410 e. The Balaban J connectivity index is 0.00000163. The number of benzene rings is 1. The highest BCUT2D eigenvalue weighted by molar-refractivity contribution is 6.21. The maximum absolute atomic E-state index is 12.4. The van der Waals surface area contributed by atoms with Crippen LogP contribution in [0.1, 0.15) is 69.2 Å². The van der Waals surface area contributed by atoms with Gasteiger partial charge >= 0.3 is 6.09 Å². The Morgan fingerprint density at radius 2 is 1.58 bits per heavy atom. The second-order valence-corrected chi connectivity index (χ2v) is 6.88. The molecule has 1 heterocycles. The Morgan fingerprint density at radius 3 is 1.96 bits per heavy atom. The molecule has 2 rings (SSSR count). The molecule has 1 aliphatic heterocycles. The van der Waals surface area contributed by atoms with Crippen LogP contribution in [0, 0.1) is 0 Å². The van der Waals surface area contributed by atoms with E-state index in [2.05, 4.69) is 0 Å². The topological polar surface area (TPSA) is 66.9 Å². The third kappa shape index (κ3) is 4.84. The van der Waals surface area contributed by atoms with Gasteiger partial charge in [0.15, 0.2) is 0 Å². The van der Waals surface area contributed by atoms with Gasteiger partial charge in [0.1, 0.15) is 5.60 Å². The van der Waals surface area contributed by atoms with Crippen molar-refractivity contribution < 1.29 is 19.1 Å². The van der Waals surface area contributed by atoms with Crippen molar-refractivity contribution in [2.24, 2.45) is 0 Å². The van der Waals surface area contributed by atoms with Gasteiger partial charge in [0.25, 0.3) is 11.8 Å². The lowest BCUT2D eigenvalue weighted by atomic mass is 10.1. The van der Waals surface area contributed by atoms with Crippen LogP contribution >= 0.6 is 0 Å². The van der Waals surface area contributed by atoms with Gasteiger partial charge in [-0.2, -0.15) is 0 Å². The Hall–Kier alpha value is -2.37. The quantitative estimate of drug-likeness (QED) is 0.761. The molecule has 1 aromatic carbocycles. The first-order valence-electron chi connectivity index (χ1n) is 9.10. The standard InChI is InChI=1S/C18H24N2O4.C2H6/c1-6-19(17(23)24-18(3,4)5)12(2)11-20-15(21)13-9-7-8-10-14(13)16(20)22;1-2/h7-10,12H,6,11H2,1-5H3;1-2H3. The van der Waals surface area contributed by atoms with E-state index in [1.807, 2.05) is 20.8 Å². The molecule has 0 saturated heterocycles. The molecule has 6 nitrogen and oxygen atoms in total. The smallest absolute Gasteiger partial charge is 0.410 e. The van der Waals surface area contributed by atoms with Crippen molar-refractivity contribution in [2.45, 2.75) is 60.1 Å². The average Bonchev–Trinajstić information content (AvgIpc) is 2.81. The fourth-order valence-electron chi connectivity index (χ4n) is 2.71. The highest BCUT2D eigenvalue weighted by Gasteiger charge is 2.37. The normalized spacial score (nSPS) is 14.3. The van der Waals surface area contributed by atoms with Crippen LogP contribution in [0.4, 0.5) is 4.79 Å². The lowest BCUT2D eigenvalue weighted by Crippen LogP contribution is -2.48. The Morgan fingerprint density at radius 1 is 1.12 bits per heavy atom. The predicted molar refractivity (Wildman–Crippen MR) is 101 cm³/mol. The summed E-state index contributed by atoms with van der Waals surface area (Å²) in [6, 6.07) is 6.41. The molecular formula is C20H30N2O4. The van der Waals surface area contributed by atoms with Gasteiger partial charge in [-0.05, 0) is 46.8 Å². The van der Waals surface area contributed by atoms with Crippen LogP contribution in [0.3, 0.4) is 0 Å². The van der Waals surface area contributed by atoms with Gasteiger partial charge in [0.05, 0.1) is 17.2 Å². The van der Waals surface area contributed by atoms with Gasteiger partial charge in [-0.25, -0.2) is 4.79 Å². The minimum Gasteiger partial charge on any atom is -0.444 e. The van der Waals surface area contributed by atoms with E-state index in [1.54, 1.807) is 52.0 Å². The lowest BCUT2D eigenvalue weighted by molar-refractivity contribution is 0.0151. The number of carbonyl (C=O) groups excluding carboxylic acids is 3. The van der Waals surface area contributed by atoms with Gasteiger partial charge < -0.3 is 9.64 Å². The zero-order chi connectivity index (χ0) is 20.1. The third-order valence-corrected chi connectivity index (χ3v) is 3.83. The van der Waals surface area contributed by atoms with E-state index < -0.39 is 11.7 Å². The van der Waals surface area contributed by atoms with Crippen molar-refractivity contribution in [3.05, 3.63) is 35.4 Å². The number of hydrogen-bond donors (Lipinski definition) is 0. The van der Waals surface area contributed by atoms with Gasteiger partial charge in [-0.1, -0.05) is 26.0 Å². The lowest BCUT2D eigenvalue weighted by Gasteiger charge is -2.32. The monoisotopic (exact) mass is 362 g/mol. The number of carbonyl (C=O) groups is 3. The molecule has 0 saturated carbocycles. The van der Waals surface area contributed by atoms with E-state index in [0.29, 0.717) is 17.7 Å². The van der Waals surface area contributed by atoms with Crippen molar-refractivity contribution in [3.63, 3.8) is 0 Å². The number of likely N-dealkylation sites (N-methyl/N-ethyl adjacent to an activating group) is 1. The molecular weight excluding hydrogens is 332 g/mol. The van der Waals surface area contributed by atoms with E-state index in [0.717, 1.165) is 0 Å². The molecule has 3 amide bonds. The van der Waals surface area contributed by atoms with Crippen LogP contribution in [0.15, 0.2) is 24.3 Å². The zero-order valence-corrected chi connectivity index (χ0v) is 16.8. The second-order valence-electron chi connectivity index (χ2n) is 6.88. The SMILES string of the molecule is CC.CCN(C(=O)OC(C)(C)C)C(C)CN1C(=O)c2ccccc2C1=O. The van der Waals surface area contributed by atoms with E-state index in [-0.39, 0.29) is 24.4 Å². The van der Waals surface area contributed by atoms with Crippen molar-refractivity contribution in [3.8, 4) is 0 Å². The second kappa shape index (κ2) is 8.83. The molecule has 1 aliphatic rings. The summed E-state index contributed by atoms with van der Waals surface area (Å²) in [6.45, 7) is 13.6. The summed E-state index contributed by atoms with van der Waals surface area (Å²) in [5.41, 5.74) is 0.227. The molecule has 1 unspecified atom stereocenters. The van der Waals surface area contributed by atoms with Gasteiger partial charge in [-0.15, -0.1) is 0 Å². The number of amides is 3. The number of rotatable bonds is 4. The molecule has 0 N–H and O–H groups in total. The third-order valence-electron chi connectivity index (χ3n) is 3.83. The highest BCUT2D eigenvalue weighted by atomic mass is 16.6. The van der Waals surface area contributed by atoms with E-state index in [1.165, 1.54) is 9.80 Å². The van der Waals surface area contributed by atoms with Crippen LogP contribution in [0.5, 0.6) is 0 Å². The van der Waals surface area contributed by atoms with Crippen molar-refractivity contribution in [1.29, 1.82) is 0 Å². The molecule has 0 bridgehead atoms. The first-order chi connectivity index (χ1) is 12.2. The molecule has 0 radical (unpaired) electrons. The summed E-state index contributed by atoms with van der Waals surface area (Å²) in [7, 11) is 0. The number of ether oxygens (including phenoxy) is 1. The minimum absolute atomic E-state index is 0.138. The number of nitrogens with zero attached hydrogens (tertiary/aromatic N) is 2. The number of imide groups is 1. The van der Waals surface area contributed by atoms with Crippen molar-refractivity contribution in [2.75, 3.05) is 13.1 Å². The fourth-order valence-corrected chi connectivity index (χ4v) is 2.71. The van der Waals surface area contributed by atoms with Crippen LogP contribution in [-0.4, -0.2) is 52.4 Å². The molecule has 1 aromatic rings. The molecule has 144 valence electrons. The number of hydrogen-bond acceptors (Lipinski definition) is 4. The molecule has 0 fully saturated rings. The first-order valence-corrected chi connectivity index (χ1v) is 9.10. The molecule has 6 heteroatoms. The van der Waals surface area contributed by atoms with E-state index >= 15 is 0 Å².